The number of thioether (sulfide) groups is 2. The van der Waals surface area contributed by atoms with Crippen molar-refractivity contribution in [2.45, 2.75) is 16.4 Å². The van der Waals surface area contributed by atoms with E-state index in [0.29, 0.717) is 21.3 Å². The summed E-state index contributed by atoms with van der Waals surface area (Å²) in [6.45, 7) is 2.03. The number of nitrogens with zero attached hydrogens (tertiary/aromatic N) is 4. The summed E-state index contributed by atoms with van der Waals surface area (Å²) in [6, 6.07) is 7.63. The summed E-state index contributed by atoms with van der Waals surface area (Å²) in [4.78, 5) is 32.7. The number of hydrogen-bond donors (Lipinski definition) is 2. The van der Waals surface area contributed by atoms with E-state index >= 15 is 0 Å². The first-order valence-electron chi connectivity index (χ1n) is 8.43. The number of aromatic amines is 1. The Morgan fingerprint density at radius 3 is 2.93 bits per heavy atom. The maximum Gasteiger partial charge on any atom is 0.278 e. The predicted octanol–water partition coefficient (Wildman–Crippen LogP) is 3.11. The summed E-state index contributed by atoms with van der Waals surface area (Å²) >= 11 is 4.13. The minimum Gasteiger partial charge on any atom is -0.349 e. The van der Waals surface area contributed by atoms with Crippen LogP contribution in [0.15, 0.2) is 38.6 Å². The number of carbonyl (C=O) groups is 1. The highest BCUT2D eigenvalue weighted by atomic mass is 32.2. The van der Waals surface area contributed by atoms with Gasteiger partial charge >= 0.3 is 0 Å². The Bertz CT molecular complexity index is 1230. The molecule has 2 N–H and O–H groups in total. The fourth-order valence-electron chi connectivity index (χ4n) is 2.68. The van der Waals surface area contributed by atoms with Crippen molar-refractivity contribution in [3.05, 3.63) is 34.6 Å². The van der Waals surface area contributed by atoms with Gasteiger partial charge in [-0.1, -0.05) is 60.0 Å². The van der Waals surface area contributed by atoms with Crippen LogP contribution in [-0.4, -0.2) is 42.1 Å². The van der Waals surface area contributed by atoms with Crippen LogP contribution < -0.4 is 10.9 Å². The average molecular weight is 433 g/mol. The lowest BCUT2D eigenvalue weighted by molar-refractivity contribution is -0.113. The first-order chi connectivity index (χ1) is 13.6. The van der Waals surface area contributed by atoms with Crippen LogP contribution in [0.5, 0.6) is 0 Å². The van der Waals surface area contributed by atoms with Gasteiger partial charge in [0.15, 0.2) is 9.50 Å². The molecule has 4 aromatic rings. The van der Waals surface area contributed by atoms with Gasteiger partial charge in [0.2, 0.25) is 11.0 Å². The Morgan fingerprint density at radius 2 is 2.11 bits per heavy atom. The Morgan fingerprint density at radius 1 is 1.29 bits per heavy atom. The smallest absolute Gasteiger partial charge is 0.278 e. The molecule has 0 fully saturated rings. The summed E-state index contributed by atoms with van der Waals surface area (Å²) in [5, 5.41) is 12.5. The minimum atomic E-state index is -0.220. The number of rotatable bonds is 6. The van der Waals surface area contributed by atoms with E-state index in [1.54, 1.807) is 18.8 Å². The third-order valence-corrected chi connectivity index (χ3v) is 6.83. The van der Waals surface area contributed by atoms with Crippen LogP contribution in [0.2, 0.25) is 0 Å². The molecule has 0 spiro atoms. The Balaban J connectivity index is 1.54. The van der Waals surface area contributed by atoms with E-state index < -0.39 is 0 Å². The Kier molecular flexibility index (Phi) is 5.38. The fourth-order valence-corrected chi connectivity index (χ4v) is 5.11. The fraction of sp³-hybridized carbons (Fsp3) is 0.235. The maximum atomic E-state index is 12.7. The second kappa shape index (κ2) is 7.94. The zero-order valence-corrected chi connectivity index (χ0v) is 17.5. The first kappa shape index (κ1) is 19.0. The lowest BCUT2D eigenvalue weighted by Crippen LogP contribution is -2.21. The van der Waals surface area contributed by atoms with Gasteiger partial charge in [0, 0.05) is 18.0 Å². The molecule has 0 aliphatic carbocycles. The van der Waals surface area contributed by atoms with Gasteiger partial charge in [0.1, 0.15) is 11.0 Å². The number of aromatic nitrogens is 5. The molecule has 1 amide bonds. The number of para-hydroxylation sites is 1. The first-order valence-corrected chi connectivity index (χ1v) is 11.2. The zero-order chi connectivity index (χ0) is 19.7. The molecule has 3 aromatic heterocycles. The molecule has 0 unspecified atom stereocenters. The quantitative estimate of drug-likeness (QED) is 0.274. The van der Waals surface area contributed by atoms with Crippen LogP contribution in [0.4, 0.5) is 5.13 Å². The molecule has 3 heterocycles. The predicted molar refractivity (Wildman–Crippen MR) is 115 cm³/mol. The standard InChI is InChI=1S/C17H16N6O2S3/c1-3-26-17-22-21-15(28-17)19-11(24)8-27-16-20-12-9-6-4-5-7-10(9)18-13(12)14(25)23(16)2/h4-7,18H,3,8H2,1-2H3,(H,19,21,24). The van der Waals surface area contributed by atoms with Gasteiger partial charge in [0.25, 0.3) is 5.56 Å². The van der Waals surface area contributed by atoms with Crippen molar-refractivity contribution in [1.82, 2.24) is 24.7 Å². The highest BCUT2D eigenvalue weighted by Crippen LogP contribution is 2.26. The van der Waals surface area contributed by atoms with Gasteiger partial charge in [-0.25, -0.2) is 4.98 Å². The van der Waals surface area contributed by atoms with Crippen molar-refractivity contribution in [1.29, 1.82) is 0 Å². The van der Waals surface area contributed by atoms with Crippen molar-refractivity contribution in [2.24, 2.45) is 7.05 Å². The van der Waals surface area contributed by atoms with Crippen LogP contribution in [0.3, 0.4) is 0 Å². The molecule has 0 aliphatic rings. The number of nitrogens with one attached hydrogen (secondary N) is 2. The maximum absolute atomic E-state index is 12.7. The molecule has 0 saturated carbocycles. The van der Waals surface area contributed by atoms with Crippen LogP contribution in [-0.2, 0) is 11.8 Å². The second-order valence-corrected chi connectivity index (χ2v) is 9.23. The molecule has 0 atom stereocenters. The highest BCUT2D eigenvalue weighted by molar-refractivity contribution is 8.01. The lowest BCUT2D eigenvalue weighted by atomic mass is 10.2. The molecule has 0 aliphatic heterocycles. The molecular formula is C17H16N6O2S3. The molecule has 0 saturated heterocycles. The van der Waals surface area contributed by atoms with Gasteiger partial charge in [-0.3, -0.25) is 19.5 Å². The molecule has 144 valence electrons. The van der Waals surface area contributed by atoms with E-state index in [0.717, 1.165) is 21.0 Å². The number of H-pyrrole nitrogens is 1. The second-order valence-electron chi connectivity index (χ2n) is 5.80. The largest absolute Gasteiger partial charge is 0.349 e. The van der Waals surface area contributed by atoms with E-state index in [2.05, 4.69) is 25.5 Å². The normalized spacial score (nSPS) is 11.4. The molecule has 0 radical (unpaired) electrons. The van der Waals surface area contributed by atoms with Crippen molar-refractivity contribution >= 4 is 67.8 Å². The van der Waals surface area contributed by atoms with E-state index in [-0.39, 0.29) is 17.2 Å². The van der Waals surface area contributed by atoms with Crippen molar-refractivity contribution in [2.75, 3.05) is 16.8 Å². The van der Waals surface area contributed by atoms with Crippen LogP contribution in [0, 0.1) is 0 Å². The van der Waals surface area contributed by atoms with Gasteiger partial charge < -0.3 is 4.98 Å². The van der Waals surface area contributed by atoms with Crippen molar-refractivity contribution in [3.63, 3.8) is 0 Å². The van der Waals surface area contributed by atoms with Gasteiger partial charge in [0.05, 0.1) is 5.75 Å². The van der Waals surface area contributed by atoms with E-state index in [4.69, 9.17) is 0 Å². The van der Waals surface area contributed by atoms with E-state index in [1.807, 2.05) is 31.2 Å². The zero-order valence-electron chi connectivity index (χ0n) is 15.1. The lowest BCUT2D eigenvalue weighted by Gasteiger charge is -2.06. The van der Waals surface area contributed by atoms with E-state index in [9.17, 15) is 9.59 Å². The molecule has 11 heteroatoms. The van der Waals surface area contributed by atoms with Gasteiger partial charge in [-0.15, -0.1) is 10.2 Å². The minimum absolute atomic E-state index is 0.115. The molecular weight excluding hydrogens is 416 g/mol. The summed E-state index contributed by atoms with van der Waals surface area (Å²) < 4.78 is 2.27. The number of fused-ring (bicyclic) bond motifs is 3. The SMILES string of the molecule is CCSc1nnc(NC(=O)CSc2nc3c([nH]c4ccccc43)c(=O)n2C)s1. The summed E-state index contributed by atoms with van der Waals surface area (Å²) in [6.07, 6.45) is 0. The molecule has 4 rings (SSSR count). The monoisotopic (exact) mass is 432 g/mol. The van der Waals surface area contributed by atoms with Crippen LogP contribution in [0.25, 0.3) is 21.9 Å². The summed E-state index contributed by atoms with van der Waals surface area (Å²) in [7, 11) is 1.65. The van der Waals surface area contributed by atoms with Gasteiger partial charge in [-0.2, -0.15) is 0 Å². The van der Waals surface area contributed by atoms with Crippen LogP contribution >= 0.6 is 34.9 Å². The average Bonchev–Trinajstić information content (AvgIpc) is 3.28. The van der Waals surface area contributed by atoms with Crippen LogP contribution in [0.1, 0.15) is 6.92 Å². The Hall–Kier alpha value is -2.37. The molecule has 28 heavy (non-hydrogen) atoms. The van der Waals surface area contributed by atoms with Crippen molar-refractivity contribution in [3.8, 4) is 0 Å². The van der Waals surface area contributed by atoms with Gasteiger partial charge in [-0.05, 0) is 11.8 Å². The topological polar surface area (TPSA) is 106 Å². The highest BCUT2D eigenvalue weighted by Gasteiger charge is 2.15. The Labute approximate surface area is 172 Å². The number of amides is 1. The van der Waals surface area contributed by atoms with E-state index in [1.165, 1.54) is 27.7 Å². The molecule has 1 aromatic carbocycles. The summed E-state index contributed by atoms with van der Waals surface area (Å²) in [5.74, 6) is 0.792. The molecule has 8 nitrogen and oxygen atoms in total. The summed E-state index contributed by atoms with van der Waals surface area (Å²) in [5.41, 5.74) is 1.77. The number of hydrogen-bond acceptors (Lipinski definition) is 8. The number of benzene rings is 1. The van der Waals surface area contributed by atoms with Crippen molar-refractivity contribution < 1.29 is 4.79 Å². The molecule has 0 bridgehead atoms. The number of carbonyl (C=O) groups excluding carboxylic acids is 1. The third kappa shape index (κ3) is 3.64. The number of anilines is 1. The third-order valence-electron chi connectivity index (χ3n) is 3.94.